The molecule has 0 saturated heterocycles. The second-order valence-corrected chi connectivity index (χ2v) is 3.00. The van der Waals surface area contributed by atoms with Gasteiger partial charge in [0.2, 0.25) is 0 Å². The number of hydrogen-bond acceptors (Lipinski definition) is 1. The summed E-state index contributed by atoms with van der Waals surface area (Å²) in [6.45, 7) is 8.75. The molecule has 7 heavy (non-hydrogen) atoms. The summed E-state index contributed by atoms with van der Waals surface area (Å²) < 4.78 is 0. The van der Waals surface area contributed by atoms with E-state index in [0.717, 1.165) is 7.11 Å². The van der Waals surface area contributed by atoms with E-state index in [4.69, 9.17) is 5.11 Å². The van der Waals surface area contributed by atoms with E-state index in [-0.39, 0.29) is 0 Å². The van der Waals surface area contributed by atoms with Gasteiger partial charge in [-0.25, -0.2) is 0 Å². The molecule has 0 aliphatic rings. The van der Waals surface area contributed by atoms with Crippen molar-refractivity contribution in [3.63, 3.8) is 0 Å². The SMILES string of the molecule is CC(C)(C)C.CO. The van der Waals surface area contributed by atoms with Crippen LogP contribution in [0.2, 0.25) is 0 Å². The molecule has 0 bridgehead atoms. The molecule has 0 rings (SSSR count). The van der Waals surface area contributed by atoms with Gasteiger partial charge >= 0.3 is 0 Å². The Labute approximate surface area is 46.4 Å². The van der Waals surface area contributed by atoms with Gasteiger partial charge in [0.1, 0.15) is 0 Å². The molecule has 0 aliphatic heterocycles. The van der Waals surface area contributed by atoms with Gasteiger partial charge in [-0.1, -0.05) is 27.7 Å². The molecule has 0 amide bonds. The van der Waals surface area contributed by atoms with Crippen LogP contribution in [-0.4, -0.2) is 12.2 Å². The standard InChI is InChI=1S/C5H12.CH4O/c1-5(2,3)4;1-2/h1-4H3;2H,1H3. The Morgan fingerprint density at radius 3 is 0.857 bits per heavy atom. The lowest BCUT2D eigenvalue weighted by molar-refractivity contribution is 0.399. The van der Waals surface area contributed by atoms with Gasteiger partial charge in [-0.15, -0.1) is 0 Å². The van der Waals surface area contributed by atoms with E-state index in [1.807, 2.05) is 0 Å². The molecule has 1 nitrogen and oxygen atoms in total. The second-order valence-electron chi connectivity index (χ2n) is 3.00. The minimum Gasteiger partial charge on any atom is -0.400 e. The van der Waals surface area contributed by atoms with Crippen LogP contribution in [0.15, 0.2) is 0 Å². The third-order valence-corrected chi connectivity index (χ3v) is 0. The van der Waals surface area contributed by atoms with Crippen molar-refractivity contribution in [3.8, 4) is 0 Å². The molecule has 1 N–H and O–H groups in total. The third-order valence-electron chi connectivity index (χ3n) is 0. The van der Waals surface area contributed by atoms with Crippen LogP contribution in [0.1, 0.15) is 27.7 Å². The Bertz CT molecular complexity index is 19.7. The van der Waals surface area contributed by atoms with Crippen LogP contribution in [-0.2, 0) is 0 Å². The maximum Gasteiger partial charge on any atom is 0.0319 e. The van der Waals surface area contributed by atoms with Gasteiger partial charge in [-0.2, -0.15) is 0 Å². The van der Waals surface area contributed by atoms with Gasteiger partial charge in [-0.05, 0) is 5.41 Å². The van der Waals surface area contributed by atoms with Gasteiger partial charge < -0.3 is 5.11 Å². The summed E-state index contributed by atoms with van der Waals surface area (Å²) in [4.78, 5) is 0. The molecule has 46 valence electrons. The summed E-state index contributed by atoms with van der Waals surface area (Å²) in [5.41, 5.74) is 0.500. The Kier molecular flexibility index (Phi) is 5.93. The topological polar surface area (TPSA) is 20.2 Å². The molecule has 0 fully saturated rings. The summed E-state index contributed by atoms with van der Waals surface area (Å²) in [5, 5.41) is 7.00. The lowest BCUT2D eigenvalue weighted by atomic mass is 10.0. The smallest absolute Gasteiger partial charge is 0.0319 e. The Morgan fingerprint density at radius 2 is 0.857 bits per heavy atom. The molecular weight excluding hydrogens is 88.1 g/mol. The molecule has 0 heterocycles. The first-order valence-corrected chi connectivity index (χ1v) is 2.45. The molecule has 0 radical (unpaired) electrons. The van der Waals surface area contributed by atoms with Crippen LogP contribution in [0.25, 0.3) is 0 Å². The van der Waals surface area contributed by atoms with E-state index >= 15 is 0 Å². The Balaban J connectivity index is 0. The summed E-state index contributed by atoms with van der Waals surface area (Å²) in [6, 6.07) is 0. The van der Waals surface area contributed by atoms with Crippen molar-refractivity contribution in [2.24, 2.45) is 5.41 Å². The summed E-state index contributed by atoms with van der Waals surface area (Å²) >= 11 is 0. The van der Waals surface area contributed by atoms with Crippen molar-refractivity contribution >= 4 is 0 Å². The number of hydrogen-bond donors (Lipinski definition) is 1. The maximum absolute atomic E-state index is 7.00. The molecule has 0 aliphatic carbocycles. The molecule has 0 aromatic rings. The van der Waals surface area contributed by atoms with Crippen LogP contribution in [0.3, 0.4) is 0 Å². The minimum absolute atomic E-state index is 0.500. The first-order chi connectivity index (χ1) is 3.00. The molecule has 0 spiro atoms. The fourth-order valence-corrected chi connectivity index (χ4v) is 0. The van der Waals surface area contributed by atoms with Crippen molar-refractivity contribution in [2.45, 2.75) is 27.7 Å². The first-order valence-electron chi connectivity index (χ1n) is 2.45. The van der Waals surface area contributed by atoms with Gasteiger partial charge in [-0.3, -0.25) is 0 Å². The molecule has 0 atom stereocenters. The van der Waals surface area contributed by atoms with Gasteiger partial charge in [0, 0.05) is 7.11 Å². The Morgan fingerprint density at radius 1 is 0.857 bits per heavy atom. The normalized spacial score (nSPS) is 9.43. The summed E-state index contributed by atoms with van der Waals surface area (Å²) in [5.74, 6) is 0. The lowest BCUT2D eigenvalue weighted by Crippen LogP contribution is -1.93. The van der Waals surface area contributed by atoms with Crippen LogP contribution in [0.5, 0.6) is 0 Å². The van der Waals surface area contributed by atoms with Crippen LogP contribution in [0, 0.1) is 5.41 Å². The molecule has 0 saturated carbocycles. The molecule has 0 aromatic carbocycles. The van der Waals surface area contributed by atoms with E-state index in [1.54, 1.807) is 0 Å². The highest BCUT2D eigenvalue weighted by atomic mass is 16.2. The number of rotatable bonds is 0. The monoisotopic (exact) mass is 104 g/mol. The average molecular weight is 104 g/mol. The minimum atomic E-state index is 0.500. The van der Waals surface area contributed by atoms with Crippen molar-refractivity contribution in [2.75, 3.05) is 7.11 Å². The molecule has 1 heteroatoms. The Hall–Kier alpha value is -0.0400. The average Bonchev–Trinajstić information content (AvgIpc) is 1.36. The zero-order valence-electron chi connectivity index (χ0n) is 5.95. The van der Waals surface area contributed by atoms with Crippen molar-refractivity contribution < 1.29 is 5.11 Å². The second kappa shape index (κ2) is 4.13. The highest BCUT2D eigenvalue weighted by molar-refractivity contribution is 4.47. The van der Waals surface area contributed by atoms with Crippen LogP contribution in [0.4, 0.5) is 0 Å². The quantitative estimate of drug-likeness (QED) is 0.495. The lowest BCUT2D eigenvalue weighted by Gasteiger charge is -2.05. The number of aliphatic hydroxyl groups excluding tert-OH is 1. The fourth-order valence-electron chi connectivity index (χ4n) is 0. The van der Waals surface area contributed by atoms with Crippen molar-refractivity contribution in [1.82, 2.24) is 0 Å². The van der Waals surface area contributed by atoms with Crippen molar-refractivity contribution in [1.29, 1.82) is 0 Å². The predicted octanol–water partition coefficient (Wildman–Crippen LogP) is 1.66. The van der Waals surface area contributed by atoms with Crippen molar-refractivity contribution in [3.05, 3.63) is 0 Å². The zero-order valence-corrected chi connectivity index (χ0v) is 5.95. The summed E-state index contributed by atoms with van der Waals surface area (Å²) in [6.07, 6.45) is 0. The third kappa shape index (κ3) is 58400. The van der Waals surface area contributed by atoms with Gasteiger partial charge in [0.05, 0.1) is 0 Å². The fraction of sp³-hybridized carbons (Fsp3) is 1.00. The highest BCUT2D eigenvalue weighted by Crippen LogP contribution is 2.07. The van der Waals surface area contributed by atoms with Gasteiger partial charge in [0.25, 0.3) is 0 Å². The van der Waals surface area contributed by atoms with E-state index in [9.17, 15) is 0 Å². The maximum atomic E-state index is 7.00. The largest absolute Gasteiger partial charge is 0.400 e. The molecular formula is C6H16O. The highest BCUT2D eigenvalue weighted by Gasteiger charge is 1.95. The van der Waals surface area contributed by atoms with E-state index in [2.05, 4.69) is 27.7 Å². The van der Waals surface area contributed by atoms with Crippen LogP contribution >= 0.6 is 0 Å². The first kappa shape index (κ1) is 10.0. The van der Waals surface area contributed by atoms with E-state index < -0.39 is 0 Å². The zero-order chi connectivity index (χ0) is 6.50. The van der Waals surface area contributed by atoms with E-state index in [0.29, 0.717) is 5.41 Å². The molecule has 0 unspecified atom stereocenters. The summed E-state index contributed by atoms with van der Waals surface area (Å²) in [7, 11) is 1.00. The van der Waals surface area contributed by atoms with Crippen LogP contribution < -0.4 is 0 Å². The predicted molar refractivity (Wildman–Crippen MR) is 33.3 cm³/mol. The van der Waals surface area contributed by atoms with E-state index in [1.165, 1.54) is 0 Å². The van der Waals surface area contributed by atoms with Gasteiger partial charge in [0.15, 0.2) is 0 Å². The number of aliphatic hydroxyl groups is 1. The molecule has 0 aromatic heterocycles.